The maximum absolute atomic E-state index is 13.5. The van der Waals surface area contributed by atoms with Crippen molar-refractivity contribution in [2.24, 2.45) is 11.7 Å². The minimum absolute atomic E-state index is 0.0168. The molecule has 7 nitrogen and oxygen atoms in total. The Bertz CT molecular complexity index is 717. The van der Waals surface area contributed by atoms with Crippen molar-refractivity contribution < 1.29 is 41.4 Å². The van der Waals surface area contributed by atoms with Crippen LogP contribution in [0.1, 0.15) is 12.8 Å². The van der Waals surface area contributed by atoms with E-state index in [9.17, 15) is 31.9 Å². The first kappa shape index (κ1) is 19.5. The van der Waals surface area contributed by atoms with Crippen LogP contribution >= 0.6 is 0 Å². The van der Waals surface area contributed by atoms with E-state index < -0.39 is 59.5 Å². The third-order valence-electron chi connectivity index (χ3n) is 3.71. The van der Waals surface area contributed by atoms with Gasteiger partial charge >= 0.3 is 6.09 Å². The van der Waals surface area contributed by atoms with Gasteiger partial charge < -0.3 is 20.5 Å². The third kappa shape index (κ3) is 4.41. The Balaban J connectivity index is 2.10. The van der Waals surface area contributed by atoms with E-state index in [1.807, 2.05) is 0 Å². The van der Waals surface area contributed by atoms with Gasteiger partial charge in [0.25, 0.3) is 0 Å². The third-order valence-corrected chi connectivity index (χ3v) is 3.71. The summed E-state index contributed by atoms with van der Waals surface area (Å²) in [5.41, 5.74) is 4.86. The van der Waals surface area contributed by atoms with Crippen molar-refractivity contribution in [2.45, 2.75) is 18.9 Å². The average molecular weight is 378 g/mol. The Morgan fingerprint density at radius 1 is 1.23 bits per heavy atom. The molecule has 2 atom stereocenters. The van der Waals surface area contributed by atoms with Crippen molar-refractivity contribution in [3.8, 4) is 5.75 Å². The standard InChI is InChI=1S/C15H14F4N2O5/c16-7-4-8(17)12(19)13(11(7)18)25-5-9(22)10(26-15(20)24)3-6-1-2-21-14(6)23/h4,6,10H,1-3,5H2,(H2,20,24)(H,21,23)/t6-,10?/m0/s1. The van der Waals surface area contributed by atoms with Gasteiger partial charge in [-0.2, -0.15) is 8.78 Å². The second-order valence-electron chi connectivity index (χ2n) is 5.49. The minimum Gasteiger partial charge on any atom is -0.479 e. The lowest BCUT2D eigenvalue weighted by molar-refractivity contribution is -0.131. The number of rotatable bonds is 7. The van der Waals surface area contributed by atoms with Gasteiger partial charge in [-0.3, -0.25) is 9.59 Å². The molecular formula is C15H14F4N2O5. The van der Waals surface area contributed by atoms with Gasteiger partial charge in [0.05, 0.1) is 0 Å². The number of benzene rings is 1. The molecule has 2 rings (SSSR count). The number of nitrogens with two attached hydrogens (primary N) is 1. The van der Waals surface area contributed by atoms with Gasteiger partial charge in [-0.05, 0) is 6.42 Å². The Morgan fingerprint density at radius 2 is 1.85 bits per heavy atom. The SMILES string of the molecule is NC(=O)OC(C[C@@H]1CCNC1=O)C(=O)COc1c(F)c(F)cc(F)c1F. The Morgan fingerprint density at radius 3 is 2.35 bits per heavy atom. The summed E-state index contributed by atoms with van der Waals surface area (Å²) < 4.78 is 62.4. The molecule has 1 heterocycles. The Kier molecular flexibility index (Phi) is 6.01. The van der Waals surface area contributed by atoms with Crippen molar-refractivity contribution in [3.05, 3.63) is 29.3 Å². The highest BCUT2D eigenvalue weighted by Crippen LogP contribution is 2.27. The highest BCUT2D eigenvalue weighted by atomic mass is 19.2. The van der Waals surface area contributed by atoms with E-state index in [0.717, 1.165) is 0 Å². The van der Waals surface area contributed by atoms with Crippen LogP contribution in [0.25, 0.3) is 0 Å². The quantitative estimate of drug-likeness (QED) is 0.547. The van der Waals surface area contributed by atoms with Crippen LogP contribution in [0, 0.1) is 29.2 Å². The number of amides is 2. The summed E-state index contributed by atoms with van der Waals surface area (Å²) in [5.74, 6) is -10.5. The maximum Gasteiger partial charge on any atom is 0.405 e. The second kappa shape index (κ2) is 8.02. The molecule has 0 aromatic heterocycles. The zero-order chi connectivity index (χ0) is 19.4. The smallest absolute Gasteiger partial charge is 0.405 e. The first-order valence-electron chi connectivity index (χ1n) is 7.43. The predicted molar refractivity (Wildman–Crippen MR) is 77.0 cm³/mol. The molecule has 0 saturated carbocycles. The van der Waals surface area contributed by atoms with E-state index in [1.54, 1.807) is 0 Å². The van der Waals surface area contributed by atoms with Gasteiger partial charge in [0.1, 0.15) is 0 Å². The summed E-state index contributed by atoms with van der Waals surface area (Å²) in [6.45, 7) is -0.695. The fourth-order valence-electron chi connectivity index (χ4n) is 2.43. The molecule has 11 heteroatoms. The number of ether oxygens (including phenoxy) is 2. The summed E-state index contributed by atoms with van der Waals surface area (Å²) in [6, 6.07) is -0.0168. The molecule has 0 aliphatic carbocycles. The molecule has 3 N–H and O–H groups in total. The number of Topliss-reactive ketones (excluding diaryl/α,β-unsaturated/α-hetero) is 1. The molecule has 0 radical (unpaired) electrons. The Hall–Kier alpha value is -2.85. The largest absolute Gasteiger partial charge is 0.479 e. The predicted octanol–water partition coefficient (Wildman–Crippen LogP) is 1.18. The van der Waals surface area contributed by atoms with Crippen molar-refractivity contribution in [1.82, 2.24) is 5.32 Å². The van der Waals surface area contributed by atoms with Crippen molar-refractivity contribution in [3.63, 3.8) is 0 Å². The zero-order valence-corrected chi connectivity index (χ0v) is 13.2. The van der Waals surface area contributed by atoms with Crippen molar-refractivity contribution >= 4 is 17.8 Å². The monoisotopic (exact) mass is 378 g/mol. The zero-order valence-electron chi connectivity index (χ0n) is 13.2. The number of hydrogen-bond donors (Lipinski definition) is 2. The van der Waals surface area contributed by atoms with Gasteiger partial charge in [0.15, 0.2) is 30.1 Å². The van der Waals surface area contributed by atoms with E-state index in [-0.39, 0.29) is 18.4 Å². The lowest BCUT2D eigenvalue weighted by Crippen LogP contribution is -2.36. The minimum atomic E-state index is -1.82. The van der Waals surface area contributed by atoms with Gasteiger partial charge in [0, 0.05) is 24.9 Å². The molecule has 0 spiro atoms. The van der Waals surface area contributed by atoms with Crippen LogP contribution in [0.15, 0.2) is 6.07 Å². The maximum atomic E-state index is 13.5. The summed E-state index contributed by atoms with van der Waals surface area (Å²) in [6.07, 6.45) is -2.68. The number of halogens is 4. The molecule has 1 saturated heterocycles. The molecule has 2 amide bonds. The van der Waals surface area contributed by atoms with Gasteiger partial charge in [-0.1, -0.05) is 0 Å². The number of hydrogen-bond acceptors (Lipinski definition) is 5. The van der Waals surface area contributed by atoms with E-state index in [0.29, 0.717) is 13.0 Å². The molecule has 1 aromatic rings. The number of carbonyl (C=O) groups excluding carboxylic acids is 3. The van der Waals surface area contributed by atoms with E-state index in [4.69, 9.17) is 5.73 Å². The molecule has 1 fully saturated rings. The Labute approximate surface area is 144 Å². The lowest BCUT2D eigenvalue weighted by atomic mass is 9.98. The van der Waals surface area contributed by atoms with Crippen LogP contribution < -0.4 is 15.8 Å². The van der Waals surface area contributed by atoms with E-state index >= 15 is 0 Å². The number of nitrogens with one attached hydrogen (secondary N) is 1. The number of ketones is 1. The molecule has 1 aliphatic rings. The molecule has 1 aliphatic heterocycles. The first-order chi connectivity index (χ1) is 12.2. The van der Waals surface area contributed by atoms with Gasteiger partial charge in [0.2, 0.25) is 23.3 Å². The van der Waals surface area contributed by atoms with Crippen LogP contribution in [-0.4, -0.2) is 37.0 Å². The van der Waals surface area contributed by atoms with Gasteiger partial charge in [-0.15, -0.1) is 0 Å². The van der Waals surface area contributed by atoms with Gasteiger partial charge in [-0.25, -0.2) is 13.6 Å². The van der Waals surface area contributed by atoms with Crippen LogP contribution in [0.4, 0.5) is 22.4 Å². The molecule has 26 heavy (non-hydrogen) atoms. The van der Waals surface area contributed by atoms with Crippen molar-refractivity contribution in [2.75, 3.05) is 13.2 Å². The number of carbonyl (C=O) groups is 3. The second-order valence-corrected chi connectivity index (χ2v) is 5.49. The average Bonchev–Trinajstić information content (AvgIpc) is 2.96. The topological polar surface area (TPSA) is 108 Å². The number of primary amides is 1. The summed E-state index contributed by atoms with van der Waals surface area (Å²) >= 11 is 0. The molecule has 0 bridgehead atoms. The highest BCUT2D eigenvalue weighted by Gasteiger charge is 2.33. The molecule has 1 aromatic carbocycles. The lowest BCUT2D eigenvalue weighted by Gasteiger charge is -2.18. The summed E-state index contributed by atoms with van der Waals surface area (Å²) in [5, 5.41) is 2.52. The molecular weight excluding hydrogens is 364 g/mol. The first-order valence-corrected chi connectivity index (χ1v) is 7.43. The van der Waals surface area contributed by atoms with E-state index in [2.05, 4.69) is 14.8 Å². The van der Waals surface area contributed by atoms with Crippen LogP contribution in [0.5, 0.6) is 5.75 Å². The van der Waals surface area contributed by atoms with Crippen LogP contribution in [0.2, 0.25) is 0 Å². The normalized spacial score (nSPS) is 17.5. The highest BCUT2D eigenvalue weighted by molar-refractivity contribution is 5.88. The van der Waals surface area contributed by atoms with Crippen LogP contribution in [0.3, 0.4) is 0 Å². The fourth-order valence-corrected chi connectivity index (χ4v) is 2.43. The summed E-state index contributed by atoms with van der Waals surface area (Å²) in [4.78, 5) is 34.6. The molecule has 142 valence electrons. The van der Waals surface area contributed by atoms with E-state index in [1.165, 1.54) is 0 Å². The van der Waals surface area contributed by atoms with Crippen LogP contribution in [-0.2, 0) is 14.3 Å². The van der Waals surface area contributed by atoms with Crippen molar-refractivity contribution in [1.29, 1.82) is 0 Å². The summed E-state index contributed by atoms with van der Waals surface area (Å²) in [7, 11) is 0. The molecule has 1 unspecified atom stereocenters. The fraction of sp³-hybridized carbons (Fsp3) is 0.400.